The first-order valence-electron chi connectivity index (χ1n) is 5.68. The van der Waals surface area contributed by atoms with E-state index in [-0.39, 0.29) is 28.0 Å². The molecule has 7 heteroatoms. The van der Waals surface area contributed by atoms with Crippen molar-refractivity contribution in [2.75, 3.05) is 13.1 Å². The average Bonchev–Trinajstić information content (AvgIpc) is 2.34. The molecule has 0 aliphatic rings. The predicted octanol–water partition coefficient (Wildman–Crippen LogP) is 3.16. The molecule has 4 nitrogen and oxygen atoms in total. The highest BCUT2D eigenvalue weighted by atomic mass is 35.5. The molecule has 0 aromatic heterocycles. The molecule has 0 saturated heterocycles. The summed E-state index contributed by atoms with van der Waals surface area (Å²) < 4.78 is 26.2. The second-order valence-electron chi connectivity index (χ2n) is 4.04. The quantitative estimate of drug-likeness (QED) is 0.837. The number of hydrogen-bond acceptors (Lipinski definition) is 3. The lowest BCUT2D eigenvalue weighted by Gasteiger charge is -2.22. The summed E-state index contributed by atoms with van der Waals surface area (Å²) in [6.07, 6.45) is 0. The van der Waals surface area contributed by atoms with Gasteiger partial charge in [0.15, 0.2) is 0 Å². The minimum absolute atomic E-state index is 0.0792. The fraction of sp³-hybridized carbons (Fsp3) is 0.417. The van der Waals surface area contributed by atoms with Gasteiger partial charge in [-0.1, -0.05) is 36.2 Å². The molecule has 0 aliphatic carbocycles. The molecule has 19 heavy (non-hydrogen) atoms. The number of rotatable bonds is 5. The standard InChI is InChI=1S/C12H14Cl2N2O2S/c1-3-16(8-9(2)7-15)19(17,18)12-10(13)5-4-6-11(12)14/h4-6,9H,3,8H2,1-2H3. The normalized spacial score (nSPS) is 13.3. The van der Waals surface area contributed by atoms with Crippen LogP contribution >= 0.6 is 23.2 Å². The SMILES string of the molecule is CCN(CC(C)C#N)S(=O)(=O)c1c(Cl)cccc1Cl. The van der Waals surface area contributed by atoms with Gasteiger partial charge >= 0.3 is 0 Å². The monoisotopic (exact) mass is 320 g/mol. The highest BCUT2D eigenvalue weighted by molar-refractivity contribution is 7.89. The van der Waals surface area contributed by atoms with Crippen molar-refractivity contribution in [3.8, 4) is 6.07 Å². The van der Waals surface area contributed by atoms with E-state index in [2.05, 4.69) is 0 Å². The fourth-order valence-electron chi connectivity index (χ4n) is 1.60. The van der Waals surface area contributed by atoms with E-state index < -0.39 is 15.9 Å². The molecular formula is C12H14Cl2N2O2S. The summed E-state index contributed by atoms with van der Waals surface area (Å²) in [5.41, 5.74) is 0. The molecule has 1 aromatic rings. The van der Waals surface area contributed by atoms with Crippen LogP contribution in [0.25, 0.3) is 0 Å². The average molecular weight is 321 g/mol. The Labute approximate surface area is 123 Å². The maximum atomic E-state index is 12.5. The maximum absolute atomic E-state index is 12.5. The van der Waals surface area contributed by atoms with Crippen LogP contribution < -0.4 is 0 Å². The van der Waals surface area contributed by atoms with Crippen LogP contribution in [0, 0.1) is 17.2 Å². The molecule has 0 aliphatic heterocycles. The van der Waals surface area contributed by atoms with Crippen molar-refractivity contribution in [3.05, 3.63) is 28.2 Å². The smallest absolute Gasteiger partial charge is 0.207 e. The molecule has 0 bridgehead atoms. The summed E-state index contributed by atoms with van der Waals surface area (Å²) in [6.45, 7) is 3.71. The van der Waals surface area contributed by atoms with Gasteiger partial charge in [-0.05, 0) is 19.1 Å². The first-order valence-corrected chi connectivity index (χ1v) is 7.88. The van der Waals surface area contributed by atoms with E-state index in [0.717, 1.165) is 0 Å². The van der Waals surface area contributed by atoms with E-state index in [1.165, 1.54) is 16.4 Å². The van der Waals surface area contributed by atoms with E-state index >= 15 is 0 Å². The predicted molar refractivity (Wildman–Crippen MR) is 75.7 cm³/mol. The first-order chi connectivity index (χ1) is 8.84. The molecule has 1 aromatic carbocycles. The van der Waals surface area contributed by atoms with Crippen molar-refractivity contribution in [3.63, 3.8) is 0 Å². The molecule has 0 amide bonds. The van der Waals surface area contributed by atoms with Gasteiger partial charge in [-0.25, -0.2) is 8.42 Å². The molecule has 1 unspecified atom stereocenters. The number of nitrogens with zero attached hydrogens (tertiary/aromatic N) is 2. The van der Waals surface area contributed by atoms with E-state index in [1.54, 1.807) is 19.9 Å². The molecular weight excluding hydrogens is 307 g/mol. The largest absolute Gasteiger partial charge is 0.246 e. The molecule has 0 spiro atoms. The van der Waals surface area contributed by atoms with E-state index in [1.807, 2.05) is 6.07 Å². The number of nitriles is 1. The topological polar surface area (TPSA) is 61.2 Å². The van der Waals surface area contributed by atoms with Crippen molar-refractivity contribution in [1.82, 2.24) is 4.31 Å². The molecule has 0 N–H and O–H groups in total. The van der Waals surface area contributed by atoms with Gasteiger partial charge < -0.3 is 0 Å². The lowest BCUT2D eigenvalue weighted by molar-refractivity contribution is 0.400. The Bertz CT molecular complexity index is 576. The van der Waals surface area contributed by atoms with Crippen LogP contribution in [0.15, 0.2) is 23.1 Å². The van der Waals surface area contributed by atoms with Gasteiger partial charge in [-0.3, -0.25) is 0 Å². The van der Waals surface area contributed by atoms with Crippen LogP contribution in [0.3, 0.4) is 0 Å². The number of sulfonamides is 1. The first kappa shape index (κ1) is 16.3. The zero-order valence-electron chi connectivity index (χ0n) is 10.6. The molecule has 0 fully saturated rings. The molecule has 1 rings (SSSR count). The maximum Gasteiger partial charge on any atom is 0.246 e. The molecule has 104 valence electrons. The minimum atomic E-state index is -3.80. The van der Waals surface area contributed by atoms with Crippen LogP contribution in [0.2, 0.25) is 10.0 Å². The van der Waals surface area contributed by atoms with Crippen LogP contribution in [-0.2, 0) is 10.0 Å². The second-order valence-corrected chi connectivity index (χ2v) is 6.73. The minimum Gasteiger partial charge on any atom is -0.207 e. The lowest BCUT2D eigenvalue weighted by atomic mass is 10.2. The highest BCUT2D eigenvalue weighted by Gasteiger charge is 2.29. The van der Waals surface area contributed by atoms with Gasteiger partial charge in [-0.2, -0.15) is 9.57 Å². The van der Waals surface area contributed by atoms with E-state index in [4.69, 9.17) is 28.5 Å². The number of benzene rings is 1. The van der Waals surface area contributed by atoms with Crippen molar-refractivity contribution in [1.29, 1.82) is 5.26 Å². The van der Waals surface area contributed by atoms with Gasteiger partial charge in [0.25, 0.3) is 0 Å². The number of halogens is 2. The summed E-state index contributed by atoms with van der Waals surface area (Å²) >= 11 is 11.9. The summed E-state index contributed by atoms with van der Waals surface area (Å²) in [6, 6.07) is 6.54. The summed E-state index contributed by atoms with van der Waals surface area (Å²) in [5.74, 6) is -0.406. The lowest BCUT2D eigenvalue weighted by Crippen LogP contribution is -2.34. The van der Waals surface area contributed by atoms with Gasteiger partial charge in [0.2, 0.25) is 10.0 Å². The number of hydrogen-bond donors (Lipinski definition) is 0. The van der Waals surface area contributed by atoms with Crippen molar-refractivity contribution in [2.24, 2.45) is 5.92 Å². The molecule has 0 heterocycles. The summed E-state index contributed by atoms with van der Waals surface area (Å²) in [4.78, 5) is -0.106. The third kappa shape index (κ3) is 3.61. The third-order valence-electron chi connectivity index (χ3n) is 2.57. The molecule has 1 atom stereocenters. The molecule has 0 saturated carbocycles. The Kier molecular flexibility index (Phi) is 5.63. The summed E-state index contributed by atoms with van der Waals surface area (Å²) in [5, 5.41) is 8.96. The van der Waals surface area contributed by atoms with Gasteiger partial charge in [-0.15, -0.1) is 0 Å². The third-order valence-corrected chi connectivity index (χ3v) is 5.46. The zero-order chi connectivity index (χ0) is 14.6. The van der Waals surface area contributed by atoms with Gasteiger partial charge in [0.1, 0.15) is 4.90 Å². The Hall–Kier alpha value is -0.800. The Morgan fingerprint density at radius 3 is 2.32 bits per heavy atom. The van der Waals surface area contributed by atoms with E-state index in [9.17, 15) is 8.42 Å². The van der Waals surface area contributed by atoms with Crippen LogP contribution in [0.1, 0.15) is 13.8 Å². The van der Waals surface area contributed by atoms with Crippen molar-refractivity contribution in [2.45, 2.75) is 18.7 Å². The van der Waals surface area contributed by atoms with Crippen LogP contribution in [0.5, 0.6) is 0 Å². The van der Waals surface area contributed by atoms with Gasteiger partial charge in [0.05, 0.1) is 22.0 Å². The Morgan fingerprint density at radius 1 is 1.37 bits per heavy atom. The van der Waals surface area contributed by atoms with Gasteiger partial charge in [0, 0.05) is 13.1 Å². The fourth-order valence-corrected chi connectivity index (χ4v) is 4.23. The van der Waals surface area contributed by atoms with Crippen LogP contribution in [0.4, 0.5) is 0 Å². The summed E-state index contributed by atoms with van der Waals surface area (Å²) in [7, 11) is -3.80. The Morgan fingerprint density at radius 2 is 1.89 bits per heavy atom. The van der Waals surface area contributed by atoms with Crippen molar-refractivity contribution >= 4 is 33.2 Å². The van der Waals surface area contributed by atoms with Crippen molar-refractivity contribution < 1.29 is 8.42 Å². The van der Waals surface area contributed by atoms with E-state index in [0.29, 0.717) is 0 Å². The van der Waals surface area contributed by atoms with Crippen LogP contribution in [-0.4, -0.2) is 25.8 Å². The Balaban J connectivity index is 3.26. The highest BCUT2D eigenvalue weighted by Crippen LogP contribution is 2.31. The second kappa shape index (κ2) is 6.58. The molecule has 0 radical (unpaired) electrons. The zero-order valence-corrected chi connectivity index (χ0v) is 12.9.